The van der Waals surface area contributed by atoms with Crippen molar-refractivity contribution >= 4 is 40.0 Å². The van der Waals surface area contributed by atoms with E-state index in [4.69, 9.17) is 4.52 Å². The molecule has 1 saturated carbocycles. The molecule has 0 atom stereocenters. The van der Waals surface area contributed by atoms with E-state index in [0.29, 0.717) is 31.9 Å². The average molecular weight is 469 g/mol. The lowest BCUT2D eigenvalue weighted by Crippen LogP contribution is -2.54. The number of rotatable bonds is 5. The zero-order chi connectivity index (χ0) is 16.3. The van der Waals surface area contributed by atoms with Gasteiger partial charge in [-0.2, -0.15) is 4.31 Å². The number of halogens is 1. The van der Waals surface area contributed by atoms with Gasteiger partial charge in [-0.1, -0.05) is 5.16 Å². The van der Waals surface area contributed by atoms with E-state index < -0.39 is 10.0 Å². The Morgan fingerprint density at radius 3 is 2.62 bits per heavy atom. The van der Waals surface area contributed by atoms with Gasteiger partial charge in [0.05, 0.1) is 5.69 Å². The molecule has 1 aromatic rings. The van der Waals surface area contributed by atoms with Crippen molar-refractivity contribution in [2.75, 3.05) is 39.8 Å². The van der Waals surface area contributed by atoms with E-state index >= 15 is 0 Å². The standard InChI is InChI=1S/C14H23N5O3S.HI/c1-15-14(16-10-12-2-3-12)18-5-7-19(8-6-18)23(20,21)11-13-4-9-22-17-13;/h4,9,12H,2-3,5-8,10-11H2,1H3,(H,15,16);1H. The topological polar surface area (TPSA) is 91.0 Å². The summed E-state index contributed by atoms with van der Waals surface area (Å²) < 4.78 is 31.0. The summed E-state index contributed by atoms with van der Waals surface area (Å²) in [5.41, 5.74) is 0.439. The van der Waals surface area contributed by atoms with Crippen LogP contribution in [0.3, 0.4) is 0 Å². The Morgan fingerprint density at radius 2 is 2.08 bits per heavy atom. The molecular weight excluding hydrogens is 445 g/mol. The molecule has 1 aliphatic heterocycles. The fourth-order valence-electron chi connectivity index (χ4n) is 2.66. The number of nitrogens with zero attached hydrogens (tertiary/aromatic N) is 4. The van der Waals surface area contributed by atoms with Crippen molar-refractivity contribution in [3.05, 3.63) is 18.0 Å². The Bertz CT molecular complexity index is 637. The van der Waals surface area contributed by atoms with Crippen LogP contribution in [0.25, 0.3) is 0 Å². The van der Waals surface area contributed by atoms with Crippen LogP contribution in [0.4, 0.5) is 0 Å². The van der Waals surface area contributed by atoms with Crippen LogP contribution in [0.15, 0.2) is 21.8 Å². The summed E-state index contributed by atoms with van der Waals surface area (Å²) in [4.78, 5) is 6.42. The summed E-state index contributed by atoms with van der Waals surface area (Å²) in [6.45, 7) is 3.16. The Labute approximate surface area is 159 Å². The summed E-state index contributed by atoms with van der Waals surface area (Å²) >= 11 is 0. The van der Waals surface area contributed by atoms with Crippen molar-refractivity contribution < 1.29 is 12.9 Å². The molecule has 1 aromatic heterocycles. The summed E-state index contributed by atoms with van der Waals surface area (Å²) in [5.74, 6) is 1.53. The SMILES string of the molecule is CN=C(NCC1CC1)N1CCN(S(=O)(=O)Cc2ccon2)CC1.I. The zero-order valence-corrected chi connectivity index (χ0v) is 16.9. The smallest absolute Gasteiger partial charge is 0.220 e. The third kappa shape index (κ3) is 5.06. The number of aliphatic imine (C=N–C) groups is 1. The van der Waals surface area contributed by atoms with E-state index in [0.717, 1.165) is 18.4 Å². The molecule has 0 radical (unpaired) electrons. The van der Waals surface area contributed by atoms with Gasteiger partial charge >= 0.3 is 0 Å². The second-order valence-corrected chi connectivity index (χ2v) is 7.97. The molecule has 2 aliphatic rings. The molecule has 2 fully saturated rings. The van der Waals surface area contributed by atoms with Crippen LogP contribution in [0, 0.1) is 5.92 Å². The molecular formula is C14H24IN5O3S. The van der Waals surface area contributed by atoms with Gasteiger partial charge in [-0.25, -0.2) is 8.42 Å². The van der Waals surface area contributed by atoms with Gasteiger partial charge in [0, 0.05) is 45.8 Å². The lowest BCUT2D eigenvalue weighted by Gasteiger charge is -2.35. The van der Waals surface area contributed by atoms with E-state index in [1.165, 1.54) is 23.4 Å². The molecule has 3 rings (SSSR count). The quantitative estimate of drug-likeness (QED) is 0.389. The van der Waals surface area contributed by atoms with Gasteiger partial charge in [-0.3, -0.25) is 4.99 Å². The number of sulfonamides is 1. The van der Waals surface area contributed by atoms with Gasteiger partial charge in [0.15, 0.2) is 5.96 Å². The van der Waals surface area contributed by atoms with E-state index in [-0.39, 0.29) is 29.7 Å². The van der Waals surface area contributed by atoms with Crippen molar-refractivity contribution in [3.8, 4) is 0 Å². The molecule has 2 heterocycles. The molecule has 1 saturated heterocycles. The molecule has 0 amide bonds. The molecule has 1 aliphatic carbocycles. The summed E-state index contributed by atoms with van der Waals surface area (Å²) in [6.07, 6.45) is 3.97. The number of nitrogens with one attached hydrogen (secondary N) is 1. The number of guanidine groups is 1. The summed E-state index contributed by atoms with van der Waals surface area (Å²) in [7, 11) is -1.59. The molecule has 136 valence electrons. The average Bonchev–Trinajstić information content (AvgIpc) is 3.24. The minimum Gasteiger partial charge on any atom is -0.364 e. The fraction of sp³-hybridized carbons (Fsp3) is 0.714. The first kappa shape index (κ1) is 19.4. The predicted octanol–water partition coefficient (Wildman–Crippen LogP) is 0.725. The molecule has 8 nitrogen and oxygen atoms in total. The first-order valence-corrected chi connectivity index (χ1v) is 9.52. The number of aromatic nitrogens is 1. The highest BCUT2D eigenvalue weighted by atomic mass is 127. The first-order chi connectivity index (χ1) is 11.1. The van der Waals surface area contributed by atoms with Gasteiger partial charge in [0.2, 0.25) is 10.0 Å². The van der Waals surface area contributed by atoms with E-state index in [9.17, 15) is 8.42 Å². The number of hydrogen-bond donors (Lipinski definition) is 1. The summed E-state index contributed by atoms with van der Waals surface area (Å²) in [6, 6.07) is 1.58. The molecule has 24 heavy (non-hydrogen) atoms. The highest BCUT2D eigenvalue weighted by Crippen LogP contribution is 2.27. The number of hydrogen-bond acceptors (Lipinski definition) is 5. The van der Waals surface area contributed by atoms with E-state index in [1.54, 1.807) is 13.1 Å². The van der Waals surface area contributed by atoms with Crippen LogP contribution in [-0.4, -0.2) is 68.5 Å². The third-order valence-electron chi connectivity index (χ3n) is 4.21. The van der Waals surface area contributed by atoms with Gasteiger partial charge in [0.1, 0.15) is 12.0 Å². The van der Waals surface area contributed by atoms with Crippen LogP contribution >= 0.6 is 24.0 Å². The van der Waals surface area contributed by atoms with Gasteiger partial charge < -0.3 is 14.7 Å². The fourth-order valence-corrected chi connectivity index (χ4v) is 4.08. The lowest BCUT2D eigenvalue weighted by atomic mass is 10.3. The molecule has 1 N–H and O–H groups in total. The molecule has 0 spiro atoms. The van der Waals surface area contributed by atoms with Crippen molar-refractivity contribution in [3.63, 3.8) is 0 Å². The van der Waals surface area contributed by atoms with E-state index in [1.807, 2.05) is 0 Å². The van der Waals surface area contributed by atoms with Crippen LogP contribution in [0.5, 0.6) is 0 Å². The van der Waals surface area contributed by atoms with Gasteiger partial charge in [0.25, 0.3) is 0 Å². The van der Waals surface area contributed by atoms with Gasteiger partial charge in [-0.15, -0.1) is 24.0 Å². The first-order valence-electron chi connectivity index (χ1n) is 7.91. The van der Waals surface area contributed by atoms with Crippen molar-refractivity contribution in [1.29, 1.82) is 0 Å². The highest BCUT2D eigenvalue weighted by Gasteiger charge is 2.29. The van der Waals surface area contributed by atoms with Crippen molar-refractivity contribution in [2.45, 2.75) is 18.6 Å². The minimum absolute atomic E-state index is 0. The highest BCUT2D eigenvalue weighted by molar-refractivity contribution is 14.0. The molecule has 0 aromatic carbocycles. The monoisotopic (exact) mass is 469 g/mol. The Hall–Kier alpha value is -0.880. The van der Waals surface area contributed by atoms with E-state index in [2.05, 4.69) is 20.4 Å². The lowest BCUT2D eigenvalue weighted by molar-refractivity contribution is 0.259. The Balaban J connectivity index is 0.00000208. The second kappa shape index (κ2) is 8.48. The van der Waals surface area contributed by atoms with Crippen LogP contribution < -0.4 is 5.32 Å². The van der Waals surface area contributed by atoms with Crippen molar-refractivity contribution in [1.82, 2.24) is 19.7 Å². The van der Waals surface area contributed by atoms with Crippen LogP contribution in [0.2, 0.25) is 0 Å². The van der Waals surface area contributed by atoms with Crippen molar-refractivity contribution in [2.24, 2.45) is 10.9 Å². The third-order valence-corrected chi connectivity index (χ3v) is 6.02. The second-order valence-electron chi connectivity index (χ2n) is 6.00. The van der Waals surface area contributed by atoms with Crippen LogP contribution in [-0.2, 0) is 15.8 Å². The maximum absolute atomic E-state index is 12.4. The molecule has 10 heteroatoms. The normalized spacial score (nSPS) is 19.9. The minimum atomic E-state index is -3.35. The Kier molecular flexibility index (Phi) is 6.87. The predicted molar refractivity (Wildman–Crippen MR) is 102 cm³/mol. The molecule has 0 unspecified atom stereocenters. The molecule has 0 bridgehead atoms. The number of piperazine rings is 1. The summed E-state index contributed by atoms with van der Waals surface area (Å²) in [5, 5.41) is 7.06. The zero-order valence-electron chi connectivity index (χ0n) is 13.7. The largest absolute Gasteiger partial charge is 0.364 e. The maximum atomic E-state index is 12.4. The Morgan fingerprint density at radius 1 is 1.38 bits per heavy atom. The van der Waals surface area contributed by atoms with Gasteiger partial charge in [-0.05, 0) is 18.8 Å². The van der Waals surface area contributed by atoms with Crippen LogP contribution in [0.1, 0.15) is 18.5 Å². The maximum Gasteiger partial charge on any atom is 0.220 e.